The Hall–Kier alpha value is -2.09. The average Bonchev–Trinajstić information content (AvgIpc) is 2.47. The summed E-state index contributed by atoms with van der Waals surface area (Å²) < 4.78 is 6.57. The number of benzene rings is 2. The number of ether oxygens (including phenoxy) is 1. The fraction of sp³-hybridized carbons (Fsp3) is 0.125. The lowest BCUT2D eigenvalue weighted by Gasteiger charge is -2.16. The van der Waals surface area contributed by atoms with Crippen LogP contribution in [0.2, 0.25) is 0 Å². The van der Waals surface area contributed by atoms with E-state index in [1.54, 1.807) is 37.3 Å². The maximum Gasteiger partial charge on any atom is 0.265 e. The molecule has 1 atom stereocenters. The molecule has 114 valence electrons. The number of anilines is 1. The largest absolute Gasteiger partial charge is 0.480 e. The lowest BCUT2D eigenvalue weighted by molar-refractivity contribution is -0.122. The number of hydrogen-bond acceptors (Lipinski definition) is 3. The summed E-state index contributed by atoms with van der Waals surface area (Å²) in [5.74, 6) is -0.609. The molecule has 3 N–H and O–H groups in total. The van der Waals surface area contributed by atoms with Crippen LogP contribution >= 0.6 is 22.6 Å². The zero-order valence-electron chi connectivity index (χ0n) is 11.9. The molecule has 1 unspecified atom stereocenters. The van der Waals surface area contributed by atoms with Gasteiger partial charge < -0.3 is 15.8 Å². The zero-order valence-corrected chi connectivity index (χ0v) is 14.0. The predicted octanol–water partition coefficient (Wildman–Crippen LogP) is 2.80. The number of primary amides is 1. The van der Waals surface area contributed by atoms with E-state index in [1.807, 2.05) is 18.2 Å². The third-order valence-corrected chi connectivity index (χ3v) is 3.59. The van der Waals surface area contributed by atoms with Crippen molar-refractivity contribution in [2.75, 3.05) is 5.32 Å². The monoisotopic (exact) mass is 410 g/mol. The molecule has 0 saturated carbocycles. The zero-order chi connectivity index (χ0) is 16.1. The molecule has 2 rings (SSSR count). The molecule has 0 heterocycles. The maximum absolute atomic E-state index is 12.2. The number of hydrogen-bond donors (Lipinski definition) is 2. The first-order chi connectivity index (χ1) is 10.5. The van der Waals surface area contributed by atoms with Gasteiger partial charge >= 0.3 is 0 Å². The first-order valence-corrected chi connectivity index (χ1v) is 7.67. The fourth-order valence-electron chi connectivity index (χ4n) is 1.83. The second kappa shape index (κ2) is 7.26. The van der Waals surface area contributed by atoms with Gasteiger partial charge in [-0.3, -0.25) is 9.59 Å². The minimum Gasteiger partial charge on any atom is -0.480 e. The van der Waals surface area contributed by atoms with Gasteiger partial charge in [-0.25, -0.2) is 0 Å². The molecule has 0 spiro atoms. The molecular weight excluding hydrogens is 395 g/mol. The molecule has 2 amide bonds. The predicted molar refractivity (Wildman–Crippen MR) is 92.8 cm³/mol. The molecule has 0 aliphatic carbocycles. The van der Waals surface area contributed by atoms with Crippen molar-refractivity contribution in [1.82, 2.24) is 0 Å². The summed E-state index contributed by atoms with van der Waals surface area (Å²) in [6.45, 7) is 1.61. The Balaban J connectivity index is 2.07. The van der Waals surface area contributed by atoms with Crippen molar-refractivity contribution in [3.05, 3.63) is 57.7 Å². The van der Waals surface area contributed by atoms with Crippen LogP contribution in [0.15, 0.2) is 48.5 Å². The summed E-state index contributed by atoms with van der Waals surface area (Å²) in [7, 11) is 0. The number of nitrogens with one attached hydrogen (secondary N) is 1. The van der Waals surface area contributed by atoms with E-state index >= 15 is 0 Å². The van der Waals surface area contributed by atoms with Crippen molar-refractivity contribution < 1.29 is 14.3 Å². The van der Waals surface area contributed by atoms with Gasteiger partial charge in [0.05, 0.1) is 5.56 Å². The van der Waals surface area contributed by atoms with Gasteiger partial charge in [-0.1, -0.05) is 18.2 Å². The second-order valence-corrected chi connectivity index (χ2v) is 5.87. The van der Waals surface area contributed by atoms with Crippen LogP contribution in [0.5, 0.6) is 5.75 Å². The maximum atomic E-state index is 12.2. The van der Waals surface area contributed by atoms with Crippen molar-refractivity contribution in [3.63, 3.8) is 0 Å². The van der Waals surface area contributed by atoms with Gasteiger partial charge in [-0.2, -0.15) is 0 Å². The molecule has 2 aromatic rings. The minimum atomic E-state index is -0.765. The first-order valence-electron chi connectivity index (χ1n) is 6.59. The number of para-hydroxylation sites is 1. The van der Waals surface area contributed by atoms with Crippen LogP contribution in [0.3, 0.4) is 0 Å². The van der Waals surface area contributed by atoms with E-state index in [9.17, 15) is 9.59 Å². The quantitative estimate of drug-likeness (QED) is 0.744. The molecule has 0 radical (unpaired) electrons. The summed E-state index contributed by atoms with van der Waals surface area (Å²) in [6, 6.07) is 14.0. The number of rotatable bonds is 5. The third kappa shape index (κ3) is 4.20. The van der Waals surface area contributed by atoms with Gasteiger partial charge in [0.15, 0.2) is 6.10 Å². The molecule has 0 saturated heterocycles. The van der Waals surface area contributed by atoms with E-state index in [4.69, 9.17) is 10.5 Å². The highest BCUT2D eigenvalue weighted by molar-refractivity contribution is 14.1. The molecule has 0 bridgehead atoms. The van der Waals surface area contributed by atoms with Crippen molar-refractivity contribution in [2.45, 2.75) is 13.0 Å². The number of carbonyl (C=O) groups is 2. The van der Waals surface area contributed by atoms with Gasteiger partial charge in [0, 0.05) is 9.26 Å². The Bertz CT molecular complexity index is 703. The fourth-order valence-corrected chi connectivity index (χ4v) is 2.37. The van der Waals surface area contributed by atoms with Crippen LogP contribution in [0.1, 0.15) is 17.3 Å². The van der Waals surface area contributed by atoms with E-state index in [0.717, 1.165) is 3.57 Å². The Morgan fingerprint density at radius 2 is 1.91 bits per heavy atom. The smallest absolute Gasteiger partial charge is 0.265 e. The summed E-state index contributed by atoms with van der Waals surface area (Å²) in [4.78, 5) is 23.5. The van der Waals surface area contributed by atoms with E-state index in [-0.39, 0.29) is 11.5 Å². The summed E-state index contributed by atoms with van der Waals surface area (Å²) in [5, 5.41) is 2.77. The normalized spacial score (nSPS) is 11.5. The molecule has 0 aliphatic heterocycles. The SMILES string of the molecule is CC(Oc1ccccc1C(N)=O)C(=O)Nc1cccc(I)c1. The van der Waals surface area contributed by atoms with Crippen molar-refractivity contribution >= 4 is 40.1 Å². The van der Waals surface area contributed by atoms with E-state index < -0.39 is 12.0 Å². The highest BCUT2D eigenvalue weighted by atomic mass is 127. The highest BCUT2D eigenvalue weighted by Crippen LogP contribution is 2.19. The van der Waals surface area contributed by atoms with Crippen molar-refractivity contribution in [3.8, 4) is 5.75 Å². The molecule has 2 aromatic carbocycles. The van der Waals surface area contributed by atoms with Crippen LogP contribution in [0.4, 0.5) is 5.69 Å². The van der Waals surface area contributed by atoms with Crippen LogP contribution in [-0.4, -0.2) is 17.9 Å². The van der Waals surface area contributed by atoms with Gasteiger partial charge in [-0.15, -0.1) is 0 Å². The lowest BCUT2D eigenvalue weighted by Crippen LogP contribution is -2.30. The van der Waals surface area contributed by atoms with E-state index in [0.29, 0.717) is 11.4 Å². The Labute approximate surface area is 142 Å². The molecule has 6 heteroatoms. The summed E-state index contributed by atoms with van der Waals surface area (Å²) in [5.41, 5.74) is 6.22. The van der Waals surface area contributed by atoms with E-state index in [2.05, 4.69) is 27.9 Å². The molecular formula is C16H15IN2O3. The Morgan fingerprint density at radius 1 is 1.18 bits per heavy atom. The summed E-state index contributed by atoms with van der Waals surface area (Å²) >= 11 is 2.17. The second-order valence-electron chi connectivity index (χ2n) is 4.62. The molecule has 22 heavy (non-hydrogen) atoms. The van der Waals surface area contributed by atoms with Crippen LogP contribution in [0, 0.1) is 3.57 Å². The first kappa shape index (κ1) is 16.3. The van der Waals surface area contributed by atoms with Gasteiger partial charge in [0.25, 0.3) is 11.8 Å². The lowest BCUT2D eigenvalue weighted by atomic mass is 10.2. The van der Waals surface area contributed by atoms with Crippen LogP contribution < -0.4 is 15.8 Å². The van der Waals surface area contributed by atoms with Gasteiger partial charge in [-0.05, 0) is 59.8 Å². The molecule has 0 aliphatic rings. The Kier molecular flexibility index (Phi) is 5.37. The third-order valence-electron chi connectivity index (χ3n) is 2.92. The van der Waals surface area contributed by atoms with Gasteiger partial charge in [0.1, 0.15) is 5.75 Å². The molecule has 0 fully saturated rings. The van der Waals surface area contributed by atoms with Crippen molar-refractivity contribution in [2.24, 2.45) is 5.73 Å². The van der Waals surface area contributed by atoms with Crippen LogP contribution in [-0.2, 0) is 4.79 Å². The van der Waals surface area contributed by atoms with Crippen LogP contribution in [0.25, 0.3) is 0 Å². The molecule has 0 aromatic heterocycles. The highest BCUT2D eigenvalue weighted by Gasteiger charge is 2.18. The number of halogens is 1. The Morgan fingerprint density at radius 3 is 2.59 bits per heavy atom. The molecule has 5 nitrogen and oxygen atoms in total. The van der Waals surface area contributed by atoms with E-state index in [1.165, 1.54) is 0 Å². The minimum absolute atomic E-state index is 0.247. The number of carbonyl (C=O) groups excluding carboxylic acids is 2. The topological polar surface area (TPSA) is 81.4 Å². The standard InChI is InChI=1S/C16H15IN2O3/c1-10(16(21)19-12-6-4-5-11(17)9-12)22-14-8-3-2-7-13(14)15(18)20/h2-10H,1H3,(H2,18,20)(H,19,21). The number of nitrogens with two attached hydrogens (primary N) is 1. The number of amides is 2. The van der Waals surface area contributed by atoms with Gasteiger partial charge in [0.2, 0.25) is 0 Å². The average molecular weight is 410 g/mol. The summed E-state index contributed by atoms with van der Waals surface area (Å²) in [6.07, 6.45) is -0.765. The van der Waals surface area contributed by atoms with Crippen molar-refractivity contribution in [1.29, 1.82) is 0 Å².